The van der Waals surface area contributed by atoms with Gasteiger partial charge in [0.2, 0.25) is 17.7 Å². The zero-order valence-electron chi connectivity index (χ0n) is 12.4. The molecule has 0 aromatic rings. The van der Waals surface area contributed by atoms with Gasteiger partial charge < -0.3 is 15.5 Å². The number of nitrogens with one attached hydrogen (secondary N) is 2. The Kier molecular flexibility index (Phi) is 6.32. The molecule has 20 heavy (non-hydrogen) atoms. The van der Waals surface area contributed by atoms with Crippen LogP contribution >= 0.6 is 11.8 Å². The predicted octanol–water partition coefficient (Wildman–Crippen LogP) is 0.185. The maximum Gasteiger partial charge on any atom is 0.244 e. The van der Waals surface area contributed by atoms with Gasteiger partial charge in [-0.25, -0.2) is 0 Å². The van der Waals surface area contributed by atoms with Crippen molar-refractivity contribution in [1.29, 1.82) is 0 Å². The van der Waals surface area contributed by atoms with Crippen molar-refractivity contribution in [2.45, 2.75) is 39.3 Å². The Hall–Kier alpha value is -1.24. The van der Waals surface area contributed by atoms with Crippen molar-refractivity contribution in [3.05, 3.63) is 0 Å². The average molecular weight is 301 g/mol. The lowest BCUT2D eigenvalue weighted by Crippen LogP contribution is -2.55. The molecule has 0 spiro atoms. The first-order valence-electron chi connectivity index (χ1n) is 6.81. The highest BCUT2D eigenvalue weighted by Crippen LogP contribution is 2.22. The summed E-state index contributed by atoms with van der Waals surface area (Å²) in [6.07, 6.45) is 0.382. The monoisotopic (exact) mass is 301 g/mol. The van der Waals surface area contributed by atoms with E-state index in [1.54, 1.807) is 30.6 Å². The lowest BCUT2D eigenvalue weighted by atomic mass is 10.0. The summed E-state index contributed by atoms with van der Waals surface area (Å²) >= 11 is 1.56. The summed E-state index contributed by atoms with van der Waals surface area (Å²) in [5, 5.41) is 5.31. The van der Waals surface area contributed by atoms with Crippen LogP contribution in [0.25, 0.3) is 0 Å². The van der Waals surface area contributed by atoms with Crippen molar-refractivity contribution >= 4 is 29.5 Å². The summed E-state index contributed by atoms with van der Waals surface area (Å²) in [5.41, 5.74) is 0. The van der Waals surface area contributed by atoms with Gasteiger partial charge in [0.25, 0.3) is 0 Å². The van der Waals surface area contributed by atoms with Crippen LogP contribution in [0.2, 0.25) is 0 Å². The highest BCUT2D eigenvalue weighted by molar-refractivity contribution is 7.99. The lowest BCUT2D eigenvalue weighted by molar-refractivity contribution is -0.139. The Bertz CT molecular complexity index is 387. The molecule has 2 atom stereocenters. The molecule has 3 amide bonds. The number of hydrogen-bond acceptors (Lipinski definition) is 4. The molecule has 0 bridgehead atoms. The third kappa shape index (κ3) is 3.88. The topological polar surface area (TPSA) is 78.5 Å². The van der Waals surface area contributed by atoms with Gasteiger partial charge in [0.15, 0.2) is 0 Å². The quantitative estimate of drug-likeness (QED) is 0.759. The van der Waals surface area contributed by atoms with Gasteiger partial charge in [-0.3, -0.25) is 14.4 Å². The maximum atomic E-state index is 12.3. The Labute approximate surface area is 124 Å². The van der Waals surface area contributed by atoms with Crippen molar-refractivity contribution in [2.75, 3.05) is 18.7 Å². The Morgan fingerprint density at radius 1 is 1.35 bits per heavy atom. The van der Waals surface area contributed by atoms with Crippen LogP contribution in [0.1, 0.15) is 27.2 Å². The third-order valence-corrected chi connectivity index (χ3v) is 4.31. The molecule has 2 N–H and O–H groups in total. The van der Waals surface area contributed by atoms with E-state index >= 15 is 0 Å². The minimum Gasteiger partial charge on any atom is -0.357 e. The molecule has 2 unspecified atom stereocenters. The first-order chi connectivity index (χ1) is 9.42. The zero-order valence-corrected chi connectivity index (χ0v) is 13.3. The number of amides is 3. The first kappa shape index (κ1) is 16.8. The second-order valence-corrected chi connectivity index (χ2v) is 6.08. The van der Waals surface area contributed by atoms with Gasteiger partial charge in [-0.05, 0) is 5.92 Å². The van der Waals surface area contributed by atoms with Crippen LogP contribution in [0.15, 0.2) is 0 Å². The molecule has 0 aromatic carbocycles. The van der Waals surface area contributed by atoms with E-state index in [1.807, 2.05) is 13.8 Å². The van der Waals surface area contributed by atoms with E-state index < -0.39 is 12.1 Å². The number of rotatable bonds is 5. The van der Waals surface area contributed by atoms with Crippen molar-refractivity contribution in [2.24, 2.45) is 5.92 Å². The molecule has 0 radical (unpaired) electrons. The summed E-state index contributed by atoms with van der Waals surface area (Å²) in [7, 11) is 1.54. The summed E-state index contributed by atoms with van der Waals surface area (Å²) in [6.45, 7) is 5.53. The van der Waals surface area contributed by atoms with E-state index in [2.05, 4.69) is 10.6 Å². The molecular weight excluding hydrogens is 278 g/mol. The summed E-state index contributed by atoms with van der Waals surface area (Å²) in [4.78, 5) is 37.5. The second kappa shape index (κ2) is 7.52. The van der Waals surface area contributed by atoms with Crippen LogP contribution in [0.5, 0.6) is 0 Å². The number of carbonyl (C=O) groups is 3. The fourth-order valence-corrected chi connectivity index (χ4v) is 3.23. The number of hydrogen-bond donors (Lipinski definition) is 2. The Balaban J connectivity index is 2.73. The van der Waals surface area contributed by atoms with Crippen LogP contribution in [0, 0.1) is 5.92 Å². The number of likely N-dealkylation sites (N-methyl/N-ethyl adjacent to an activating group) is 1. The van der Waals surface area contributed by atoms with Crippen molar-refractivity contribution in [3.63, 3.8) is 0 Å². The lowest BCUT2D eigenvalue weighted by Gasteiger charge is -2.26. The van der Waals surface area contributed by atoms with Crippen LogP contribution in [-0.2, 0) is 14.4 Å². The fraction of sp³-hybridized carbons (Fsp3) is 0.769. The highest BCUT2D eigenvalue weighted by Gasteiger charge is 2.36. The van der Waals surface area contributed by atoms with Gasteiger partial charge in [-0.1, -0.05) is 20.8 Å². The van der Waals surface area contributed by atoms with Crippen LogP contribution in [0.4, 0.5) is 0 Å². The van der Waals surface area contributed by atoms with Gasteiger partial charge in [-0.15, -0.1) is 11.8 Å². The first-order valence-corrected chi connectivity index (χ1v) is 7.97. The van der Waals surface area contributed by atoms with Gasteiger partial charge in [0.05, 0.1) is 5.88 Å². The minimum atomic E-state index is -0.573. The average Bonchev–Trinajstić information content (AvgIpc) is 2.91. The van der Waals surface area contributed by atoms with Gasteiger partial charge in [0.1, 0.15) is 12.1 Å². The molecule has 1 aliphatic heterocycles. The van der Waals surface area contributed by atoms with Crippen molar-refractivity contribution in [3.8, 4) is 0 Å². The molecular formula is C13H23N3O3S. The van der Waals surface area contributed by atoms with Crippen molar-refractivity contribution in [1.82, 2.24) is 15.5 Å². The molecule has 1 saturated heterocycles. The number of carbonyl (C=O) groups excluding carboxylic acids is 3. The highest BCUT2D eigenvalue weighted by atomic mass is 32.2. The van der Waals surface area contributed by atoms with Gasteiger partial charge in [-0.2, -0.15) is 0 Å². The van der Waals surface area contributed by atoms with Crippen LogP contribution < -0.4 is 10.6 Å². The summed E-state index contributed by atoms with van der Waals surface area (Å²) < 4.78 is 0. The van der Waals surface area contributed by atoms with E-state index in [0.29, 0.717) is 18.1 Å². The molecule has 1 fully saturated rings. The SMILES string of the molecule is CCC(=O)N1CSCC1C(=O)NC(C(=O)NC)C(C)C. The zero-order chi connectivity index (χ0) is 15.3. The summed E-state index contributed by atoms with van der Waals surface area (Å²) in [5.74, 6) is 0.610. The van der Waals surface area contributed by atoms with E-state index in [-0.39, 0.29) is 23.6 Å². The molecule has 114 valence electrons. The summed E-state index contributed by atoms with van der Waals surface area (Å²) in [6, 6.07) is -1.05. The smallest absolute Gasteiger partial charge is 0.244 e. The maximum absolute atomic E-state index is 12.3. The van der Waals surface area contributed by atoms with Gasteiger partial charge in [0, 0.05) is 19.2 Å². The predicted molar refractivity (Wildman–Crippen MR) is 79.1 cm³/mol. The number of thioether (sulfide) groups is 1. The third-order valence-electron chi connectivity index (χ3n) is 3.30. The van der Waals surface area contributed by atoms with E-state index in [9.17, 15) is 14.4 Å². The van der Waals surface area contributed by atoms with E-state index in [0.717, 1.165) is 0 Å². The molecule has 0 aliphatic carbocycles. The van der Waals surface area contributed by atoms with Crippen LogP contribution in [-0.4, -0.2) is 53.4 Å². The largest absolute Gasteiger partial charge is 0.357 e. The van der Waals surface area contributed by atoms with E-state index in [1.165, 1.54) is 0 Å². The molecule has 1 heterocycles. The van der Waals surface area contributed by atoms with Gasteiger partial charge >= 0.3 is 0 Å². The molecule has 0 saturated carbocycles. The number of nitrogens with zero attached hydrogens (tertiary/aromatic N) is 1. The molecule has 1 rings (SSSR count). The standard InChI is InChI=1S/C13H23N3O3S/c1-5-10(17)16-7-20-6-9(16)12(18)15-11(8(2)3)13(19)14-4/h8-9,11H,5-7H2,1-4H3,(H,14,19)(H,15,18). The Morgan fingerprint density at radius 2 is 2.00 bits per heavy atom. The fourth-order valence-electron chi connectivity index (χ4n) is 2.05. The Morgan fingerprint density at radius 3 is 2.50 bits per heavy atom. The van der Waals surface area contributed by atoms with E-state index in [4.69, 9.17) is 0 Å². The second-order valence-electron chi connectivity index (χ2n) is 5.08. The minimum absolute atomic E-state index is 0.0108. The molecule has 6 nitrogen and oxygen atoms in total. The molecule has 0 aromatic heterocycles. The van der Waals surface area contributed by atoms with Crippen molar-refractivity contribution < 1.29 is 14.4 Å². The molecule has 7 heteroatoms. The normalized spacial score (nSPS) is 19.9. The molecule has 1 aliphatic rings. The van der Waals surface area contributed by atoms with Crippen LogP contribution in [0.3, 0.4) is 0 Å².